The van der Waals surface area contributed by atoms with Crippen LogP contribution in [0.5, 0.6) is 0 Å². The third kappa shape index (κ3) is 3.31. The van der Waals surface area contributed by atoms with Crippen LogP contribution in [0.1, 0.15) is 38.2 Å². The molecular formula is C19H27N3O2. The number of carbonyl (C=O) groups excluding carboxylic acids is 2. The first-order valence-corrected chi connectivity index (χ1v) is 9.04. The summed E-state index contributed by atoms with van der Waals surface area (Å²) in [5.74, 6) is -0.0959. The van der Waals surface area contributed by atoms with Gasteiger partial charge in [-0.2, -0.15) is 0 Å². The molecule has 2 aliphatic heterocycles. The predicted octanol–water partition coefficient (Wildman–Crippen LogP) is 1.94. The second-order valence-corrected chi connectivity index (χ2v) is 6.89. The lowest BCUT2D eigenvalue weighted by Crippen LogP contribution is -2.43. The zero-order chi connectivity index (χ0) is 17.1. The van der Waals surface area contributed by atoms with E-state index in [2.05, 4.69) is 19.1 Å². The number of hydrogen-bond donors (Lipinski definition) is 1. The number of carbonyl (C=O) groups is 2. The van der Waals surface area contributed by atoms with E-state index in [1.165, 1.54) is 5.56 Å². The quantitative estimate of drug-likeness (QED) is 0.898. The van der Waals surface area contributed by atoms with E-state index in [4.69, 9.17) is 5.73 Å². The molecule has 1 aromatic carbocycles. The van der Waals surface area contributed by atoms with E-state index in [9.17, 15) is 9.59 Å². The molecule has 0 saturated carbocycles. The fourth-order valence-electron chi connectivity index (χ4n) is 3.86. The molecule has 24 heavy (non-hydrogen) atoms. The van der Waals surface area contributed by atoms with Gasteiger partial charge < -0.3 is 15.5 Å². The van der Waals surface area contributed by atoms with Gasteiger partial charge in [-0.3, -0.25) is 9.59 Å². The van der Waals surface area contributed by atoms with Gasteiger partial charge in [0.15, 0.2) is 0 Å². The van der Waals surface area contributed by atoms with Crippen molar-refractivity contribution in [1.82, 2.24) is 4.90 Å². The zero-order valence-electron chi connectivity index (χ0n) is 14.4. The summed E-state index contributed by atoms with van der Waals surface area (Å²) in [5, 5.41) is 0. The minimum absolute atomic E-state index is 0.0417. The Balaban J connectivity index is 1.68. The van der Waals surface area contributed by atoms with Crippen molar-refractivity contribution in [3.05, 3.63) is 29.8 Å². The molecule has 2 saturated heterocycles. The highest BCUT2D eigenvalue weighted by Gasteiger charge is 2.39. The molecule has 0 spiro atoms. The second kappa shape index (κ2) is 7.34. The van der Waals surface area contributed by atoms with Gasteiger partial charge in [-0.25, -0.2) is 0 Å². The molecule has 1 aromatic rings. The Hall–Kier alpha value is -1.88. The summed E-state index contributed by atoms with van der Waals surface area (Å²) < 4.78 is 0. The van der Waals surface area contributed by atoms with Gasteiger partial charge in [0, 0.05) is 37.8 Å². The molecule has 0 aliphatic carbocycles. The largest absolute Gasteiger partial charge is 0.338 e. The lowest BCUT2D eigenvalue weighted by molar-refractivity contribution is -0.136. The first-order chi connectivity index (χ1) is 11.6. The molecular weight excluding hydrogens is 302 g/mol. The average molecular weight is 329 g/mol. The minimum atomic E-state index is -0.236. The maximum atomic E-state index is 12.8. The van der Waals surface area contributed by atoms with E-state index >= 15 is 0 Å². The molecule has 0 aromatic heterocycles. The number of likely N-dealkylation sites (tertiary alicyclic amines) is 1. The number of rotatable bonds is 5. The number of hydrogen-bond acceptors (Lipinski definition) is 3. The highest BCUT2D eigenvalue weighted by Crippen LogP contribution is 2.29. The molecule has 130 valence electrons. The summed E-state index contributed by atoms with van der Waals surface area (Å²) in [6, 6.07) is 8.29. The lowest BCUT2D eigenvalue weighted by Gasteiger charge is -2.26. The highest BCUT2D eigenvalue weighted by atomic mass is 16.2. The second-order valence-electron chi connectivity index (χ2n) is 6.89. The Bertz CT molecular complexity index is 599. The number of aryl methyl sites for hydroxylation is 1. The van der Waals surface area contributed by atoms with Gasteiger partial charge in [0.05, 0.1) is 5.92 Å². The molecule has 2 heterocycles. The van der Waals surface area contributed by atoms with Gasteiger partial charge in [-0.05, 0) is 37.0 Å². The molecule has 2 fully saturated rings. The molecule has 0 radical (unpaired) electrons. The lowest BCUT2D eigenvalue weighted by atomic mass is 10.1. The molecule has 2 atom stereocenters. The molecule has 0 bridgehead atoms. The summed E-state index contributed by atoms with van der Waals surface area (Å²) >= 11 is 0. The van der Waals surface area contributed by atoms with Crippen molar-refractivity contribution in [3.8, 4) is 0 Å². The van der Waals surface area contributed by atoms with Crippen molar-refractivity contribution in [2.24, 2.45) is 11.7 Å². The predicted molar refractivity (Wildman–Crippen MR) is 94.7 cm³/mol. The maximum Gasteiger partial charge on any atom is 0.228 e. The van der Waals surface area contributed by atoms with Crippen molar-refractivity contribution in [2.75, 3.05) is 24.5 Å². The van der Waals surface area contributed by atoms with Crippen molar-refractivity contribution >= 4 is 17.5 Å². The summed E-state index contributed by atoms with van der Waals surface area (Å²) in [6.07, 6.45) is 4.45. The minimum Gasteiger partial charge on any atom is -0.338 e. The van der Waals surface area contributed by atoms with E-state index in [0.717, 1.165) is 37.9 Å². The Morgan fingerprint density at radius 1 is 1.29 bits per heavy atom. The number of nitrogens with zero attached hydrogens (tertiary/aromatic N) is 2. The maximum absolute atomic E-state index is 12.8. The number of benzene rings is 1. The first kappa shape index (κ1) is 17.0. The molecule has 2 amide bonds. The van der Waals surface area contributed by atoms with E-state index in [0.29, 0.717) is 19.5 Å². The van der Waals surface area contributed by atoms with Gasteiger partial charge in [-0.1, -0.05) is 25.5 Å². The van der Waals surface area contributed by atoms with Gasteiger partial charge >= 0.3 is 0 Å². The standard InChI is InChI=1S/C19H27N3O2/c1-2-4-14-6-8-16(9-7-14)22-13-15(11-18(22)23)19(24)21-10-3-5-17(21)12-20/h6-9,15,17H,2-5,10-13,20H2,1H3. The fourth-order valence-corrected chi connectivity index (χ4v) is 3.86. The van der Waals surface area contributed by atoms with Crippen LogP contribution in [0, 0.1) is 5.92 Å². The van der Waals surface area contributed by atoms with E-state index < -0.39 is 0 Å². The number of anilines is 1. The summed E-state index contributed by atoms with van der Waals surface area (Å²) in [5.41, 5.74) is 7.95. The van der Waals surface area contributed by atoms with Crippen LogP contribution in [0.4, 0.5) is 5.69 Å². The average Bonchev–Trinajstić information content (AvgIpc) is 3.21. The van der Waals surface area contributed by atoms with E-state index in [1.807, 2.05) is 17.0 Å². The molecule has 5 nitrogen and oxygen atoms in total. The van der Waals surface area contributed by atoms with Crippen molar-refractivity contribution in [2.45, 2.75) is 45.1 Å². The number of amides is 2. The SMILES string of the molecule is CCCc1ccc(N2CC(C(=O)N3CCCC3CN)CC2=O)cc1. The van der Waals surface area contributed by atoms with Crippen LogP contribution in [-0.4, -0.2) is 42.4 Å². The van der Waals surface area contributed by atoms with Crippen LogP contribution >= 0.6 is 0 Å². The third-order valence-electron chi connectivity index (χ3n) is 5.19. The Morgan fingerprint density at radius 2 is 2.04 bits per heavy atom. The van der Waals surface area contributed by atoms with Crippen molar-refractivity contribution in [1.29, 1.82) is 0 Å². The zero-order valence-corrected chi connectivity index (χ0v) is 14.4. The van der Waals surface area contributed by atoms with Gasteiger partial charge in [0.2, 0.25) is 11.8 Å². The highest BCUT2D eigenvalue weighted by molar-refractivity contribution is 6.00. The Kier molecular flexibility index (Phi) is 5.19. The monoisotopic (exact) mass is 329 g/mol. The smallest absolute Gasteiger partial charge is 0.228 e. The van der Waals surface area contributed by atoms with Crippen LogP contribution in [0.15, 0.2) is 24.3 Å². The van der Waals surface area contributed by atoms with E-state index in [-0.39, 0.29) is 23.8 Å². The van der Waals surface area contributed by atoms with Crippen LogP contribution in [-0.2, 0) is 16.0 Å². The van der Waals surface area contributed by atoms with Gasteiger partial charge in [0.25, 0.3) is 0 Å². The fraction of sp³-hybridized carbons (Fsp3) is 0.579. The van der Waals surface area contributed by atoms with Crippen LogP contribution in [0.25, 0.3) is 0 Å². The normalized spacial score (nSPS) is 24.0. The summed E-state index contributed by atoms with van der Waals surface area (Å²) in [4.78, 5) is 28.8. The molecule has 2 unspecified atom stereocenters. The van der Waals surface area contributed by atoms with Crippen LogP contribution in [0.2, 0.25) is 0 Å². The van der Waals surface area contributed by atoms with E-state index in [1.54, 1.807) is 4.90 Å². The first-order valence-electron chi connectivity index (χ1n) is 9.04. The summed E-state index contributed by atoms with van der Waals surface area (Å²) in [6.45, 7) is 3.92. The Morgan fingerprint density at radius 3 is 2.71 bits per heavy atom. The van der Waals surface area contributed by atoms with Gasteiger partial charge in [-0.15, -0.1) is 0 Å². The number of nitrogens with two attached hydrogens (primary N) is 1. The molecule has 5 heteroatoms. The molecule has 2 aliphatic rings. The van der Waals surface area contributed by atoms with Crippen LogP contribution in [0.3, 0.4) is 0 Å². The van der Waals surface area contributed by atoms with Gasteiger partial charge in [0.1, 0.15) is 0 Å². The third-order valence-corrected chi connectivity index (χ3v) is 5.19. The van der Waals surface area contributed by atoms with Crippen molar-refractivity contribution in [3.63, 3.8) is 0 Å². The van der Waals surface area contributed by atoms with Crippen LogP contribution < -0.4 is 10.6 Å². The Labute approximate surface area is 143 Å². The summed E-state index contributed by atoms with van der Waals surface area (Å²) in [7, 11) is 0. The van der Waals surface area contributed by atoms with Crippen molar-refractivity contribution < 1.29 is 9.59 Å². The topological polar surface area (TPSA) is 66.6 Å². The molecule has 2 N–H and O–H groups in total. The molecule has 3 rings (SSSR count).